The first-order valence-corrected chi connectivity index (χ1v) is 10.1. The molecule has 0 spiro atoms. The summed E-state index contributed by atoms with van der Waals surface area (Å²) in [6, 6.07) is 20.6. The SMILES string of the molecule is CCc1cc2cccc(Cl)c2c(=O)n1-c1ccccc1.Nc1cc(N)n2nccc2n1. The second kappa shape index (κ2) is 8.49. The normalized spacial score (nSPS) is 10.8. The lowest BCUT2D eigenvalue weighted by atomic mass is 10.1. The average molecular weight is 433 g/mol. The van der Waals surface area contributed by atoms with Gasteiger partial charge in [-0.25, -0.2) is 4.98 Å². The molecule has 4 N–H and O–H groups in total. The highest BCUT2D eigenvalue weighted by Crippen LogP contribution is 2.22. The second-order valence-electron chi connectivity index (χ2n) is 6.88. The van der Waals surface area contributed by atoms with Crippen molar-refractivity contribution in [1.82, 2.24) is 19.2 Å². The summed E-state index contributed by atoms with van der Waals surface area (Å²) >= 11 is 6.20. The highest BCUT2D eigenvalue weighted by atomic mass is 35.5. The lowest BCUT2D eigenvalue weighted by molar-refractivity contribution is 0.889. The van der Waals surface area contributed by atoms with E-state index < -0.39 is 0 Å². The summed E-state index contributed by atoms with van der Waals surface area (Å²) < 4.78 is 3.27. The molecule has 0 saturated heterocycles. The predicted octanol–water partition coefficient (Wildman–Crippen LogP) is 4.10. The van der Waals surface area contributed by atoms with Gasteiger partial charge in [0, 0.05) is 23.5 Å². The largest absolute Gasteiger partial charge is 0.384 e. The predicted molar refractivity (Wildman–Crippen MR) is 126 cm³/mol. The molecule has 8 heteroatoms. The van der Waals surface area contributed by atoms with Gasteiger partial charge in [0.05, 0.1) is 16.6 Å². The number of nitrogens with two attached hydrogens (primary N) is 2. The van der Waals surface area contributed by atoms with Gasteiger partial charge in [0.1, 0.15) is 11.6 Å². The van der Waals surface area contributed by atoms with Crippen LogP contribution in [0.2, 0.25) is 5.02 Å². The number of aromatic nitrogens is 4. The molecule has 0 radical (unpaired) electrons. The Kier molecular flexibility index (Phi) is 5.60. The highest BCUT2D eigenvalue weighted by Gasteiger charge is 2.11. The molecule has 5 rings (SSSR count). The lowest BCUT2D eigenvalue weighted by Crippen LogP contribution is -2.22. The Hall–Kier alpha value is -3.84. The maximum absolute atomic E-state index is 12.8. The molecule has 0 fully saturated rings. The fourth-order valence-corrected chi connectivity index (χ4v) is 3.71. The van der Waals surface area contributed by atoms with Crippen molar-refractivity contribution in [1.29, 1.82) is 0 Å². The van der Waals surface area contributed by atoms with Crippen LogP contribution in [-0.4, -0.2) is 19.2 Å². The fraction of sp³-hybridized carbons (Fsp3) is 0.0870. The van der Waals surface area contributed by atoms with Crippen LogP contribution in [0.1, 0.15) is 12.6 Å². The number of halogens is 1. The van der Waals surface area contributed by atoms with Gasteiger partial charge in [-0.15, -0.1) is 0 Å². The van der Waals surface area contributed by atoms with Crippen LogP contribution in [0.25, 0.3) is 22.1 Å². The number of rotatable bonds is 2. The second-order valence-corrected chi connectivity index (χ2v) is 7.28. The van der Waals surface area contributed by atoms with E-state index in [0.717, 1.165) is 23.2 Å². The van der Waals surface area contributed by atoms with E-state index in [9.17, 15) is 4.79 Å². The summed E-state index contributed by atoms with van der Waals surface area (Å²) in [6.45, 7) is 2.05. The van der Waals surface area contributed by atoms with E-state index in [1.165, 1.54) is 4.52 Å². The number of hydrogen-bond donors (Lipinski definition) is 2. The van der Waals surface area contributed by atoms with Crippen LogP contribution >= 0.6 is 11.6 Å². The number of fused-ring (bicyclic) bond motifs is 2. The van der Waals surface area contributed by atoms with E-state index in [4.69, 9.17) is 23.1 Å². The summed E-state index contributed by atoms with van der Waals surface area (Å²) in [4.78, 5) is 16.8. The number of hydrogen-bond acceptors (Lipinski definition) is 5. The van der Waals surface area contributed by atoms with Crippen LogP contribution in [0.3, 0.4) is 0 Å². The first kappa shape index (κ1) is 20.4. The smallest absolute Gasteiger partial charge is 0.264 e. The minimum absolute atomic E-state index is 0.0591. The van der Waals surface area contributed by atoms with E-state index in [1.807, 2.05) is 55.5 Å². The van der Waals surface area contributed by atoms with Gasteiger partial charge in [-0.05, 0) is 36.1 Å². The van der Waals surface area contributed by atoms with Gasteiger partial charge in [0.25, 0.3) is 5.56 Å². The molecule has 2 aromatic carbocycles. The van der Waals surface area contributed by atoms with Crippen molar-refractivity contribution in [3.63, 3.8) is 0 Å². The summed E-state index contributed by atoms with van der Waals surface area (Å²) in [5, 5.41) is 5.91. The fourth-order valence-electron chi connectivity index (χ4n) is 3.45. The molecule has 0 bridgehead atoms. The minimum atomic E-state index is -0.0591. The summed E-state index contributed by atoms with van der Waals surface area (Å²) in [5.41, 5.74) is 13.5. The molecule has 31 heavy (non-hydrogen) atoms. The van der Waals surface area contributed by atoms with E-state index in [0.29, 0.717) is 27.7 Å². The molecule has 3 heterocycles. The quantitative estimate of drug-likeness (QED) is 0.437. The minimum Gasteiger partial charge on any atom is -0.384 e. The first-order valence-electron chi connectivity index (χ1n) is 9.74. The van der Waals surface area contributed by atoms with Crippen LogP contribution in [0.4, 0.5) is 11.6 Å². The average Bonchev–Trinajstić information content (AvgIpc) is 3.23. The van der Waals surface area contributed by atoms with Crippen molar-refractivity contribution in [2.45, 2.75) is 13.3 Å². The highest BCUT2D eigenvalue weighted by molar-refractivity contribution is 6.35. The molecule has 0 amide bonds. The van der Waals surface area contributed by atoms with Crippen molar-refractivity contribution in [2.24, 2.45) is 0 Å². The molecule has 156 valence electrons. The van der Waals surface area contributed by atoms with Gasteiger partial charge in [-0.2, -0.15) is 9.61 Å². The number of nitrogens with zero attached hydrogens (tertiary/aromatic N) is 4. The summed E-state index contributed by atoms with van der Waals surface area (Å²) in [6.07, 6.45) is 2.41. The van der Waals surface area contributed by atoms with Crippen molar-refractivity contribution in [3.8, 4) is 5.69 Å². The number of benzene rings is 2. The molecule has 3 aromatic heterocycles. The Bertz CT molecular complexity index is 1430. The molecule has 0 aliphatic heterocycles. The van der Waals surface area contributed by atoms with Crippen LogP contribution in [-0.2, 0) is 6.42 Å². The zero-order valence-electron chi connectivity index (χ0n) is 16.9. The third kappa shape index (κ3) is 3.95. The van der Waals surface area contributed by atoms with Crippen LogP contribution in [0.15, 0.2) is 77.7 Å². The maximum Gasteiger partial charge on any atom is 0.264 e. The van der Waals surface area contributed by atoms with E-state index >= 15 is 0 Å². The Morgan fingerprint density at radius 2 is 1.77 bits per heavy atom. The van der Waals surface area contributed by atoms with Crippen molar-refractivity contribution in [3.05, 3.63) is 94.0 Å². The Morgan fingerprint density at radius 1 is 1.00 bits per heavy atom. The van der Waals surface area contributed by atoms with E-state index in [2.05, 4.69) is 10.1 Å². The van der Waals surface area contributed by atoms with Gasteiger partial charge in [0.2, 0.25) is 0 Å². The van der Waals surface area contributed by atoms with Crippen LogP contribution in [0, 0.1) is 0 Å². The molecule has 0 atom stereocenters. The molecule has 5 aromatic rings. The molecular weight excluding hydrogens is 412 g/mol. The molecule has 0 unspecified atom stereocenters. The number of aryl methyl sites for hydroxylation is 1. The van der Waals surface area contributed by atoms with E-state index in [1.54, 1.807) is 29.0 Å². The lowest BCUT2D eigenvalue weighted by Gasteiger charge is -2.14. The molecule has 7 nitrogen and oxygen atoms in total. The molecular formula is C23H21ClN6O. The van der Waals surface area contributed by atoms with Gasteiger partial charge >= 0.3 is 0 Å². The van der Waals surface area contributed by atoms with Crippen molar-refractivity contribution >= 4 is 39.7 Å². The Labute approximate surface area is 183 Å². The number of nitrogen functional groups attached to an aromatic ring is 2. The monoisotopic (exact) mass is 432 g/mol. The van der Waals surface area contributed by atoms with Crippen molar-refractivity contribution < 1.29 is 0 Å². The van der Waals surface area contributed by atoms with Gasteiger partial charge in [-0.1, -0.05) is 48.9 Å². The number of anilines is 2. The zero-order valence-corrected chi connectivity index (χ0v) is 17.6. The molecule has 0 aliphatic carbocycles. The van der Waals surface area contributed by atoms with E-state index in [-0.39, 0.29) is 5.56 Å². The van der Waals surface area contributed by atoms with Crippen LogP contribution < -0.4 is 17.0 Å². The topological polar surface area (TPSA) is 104 Å². The van der Waals surface area contributed by atoms with Crippen LogP contribution in [0.5, 0.6) is 0 Å². The third-order valence-corrected chi connectivity index (χ3v) is 5.17. The van der Waals surface area contributed by atoms with Gasteiger partial charge in [-0.3, -0.25) is 9.36 Å². The van der Waals surface area contributed by atoms with Gasteiger partial charge in [0.15, 0.2) is 5.65 Å². The number of pyridine rings is 1. The summed E-state index contributed by atoms with van der Waals surface area (Å²) in [7, 11) is 0. The maximum atomic E-state index is 12.8. The van der Waals surface area contributed by atoms with Gasteiger partial charge < -0.3 is 11.5 Å². The Morgan fingerprint density at radius 3 is 2.52 bits per heavy atom. The summed E-state index contributed by atoms with van der Waals surface area (Å²) in [5.74, 6) is 0.910. The zero-order chi connectivity index (χ0) is 22.0. The van der Waals surface area contributed by atoms with Crippen molar-refractivity contribution in [2.75, 3.05) is 11.5 Å². The molecule has 0 aliphatic rings. The first-order chi connectivity index (χ1) is 15.0. The standard InChI is InChI=1S/C17H14ClNO.C6H7N5/c1-2-13-11-12-7-6-10-15(18)16(12)17(20)19(13)14-8-4-3-5-9-14;7-4-3-5(8)11-6(10-4)1-2-9-11/h3-11H,2H2,1H3;1-3H,8H2,(H2,7,10). The third-order valence-electron chi connectivity index (χ3n) is 4.86. The Balaban J connectivity index is 0.000000177. The number of para-hydroxylation sites is 1. The molecule has 0 saturated carbocycles.